The SMILES string of the molecule is C=CCN1C(=O)C(c2ccccc2)Nc2cc(F)ccc21. The van der Waals surface area contributed by atoms with Gasteiger partial charge in [-0.3, -0.25) is 4.79 Å². The van der Waals surface area contributed by atoms with Crippen molar-refractivity contribution in [3.05, 3.63) is 72.6 Å². The Morgan fingerprint density at radius 1 is 1.24 bits per heavy atom. The van der Waals surface area contributed by atoms with Gasteiger partial charge in [0.2, 0.25) is 0 Å². The Labute approximate surface area is 122 Å². The molecule has 1 aliphatic heterocycles. The van der Waals surface area contributed by atoms with Gasteiger partial charge in [0.15, 0.2) is 0 Å². The van der Waals surface area contributed by atoms with Crippen LogP contribution in [0.1, 0.15) is 11.6 Å². The molecule has 0 aliphatic carbocycles. The van der Waals surface area contributed by atoms with Crippen LogP contribution in [0.4, 0.5) is 15.8 Å². The molecule has 1 atom stereocenters. The molecule has 106 valence electrons. The first-order chi connectivity index (χ1) is 10.2. The molecule has 0 spiro atoms. The first kappa shape index (κ1) is 13.4. The van der Waals surface area contributed by atoms with Crippen molar-refractivity contribution in [3.8, 4) is 0 Å². The van der Waals surface area contributed by atoms with Gasteiger partial charge in [0.05, 0.1) is 11.4 Å². The van der Waals surface area contributed by atoms with Crippen LogP contribution in [0.25, 0.3) is 0 Å². The van der Waals surface area contributed by atoms with Crippen LogP contribution < -0.4 is 10.2 Å². The molecule has 1 N–H and O–H groups in total. The summed E-state index contributed by atoms with van der Waals surface area (Å²) in [6.07, 6.45) is 1.67. The van der Waals surface area contributed by atoms with E-state index in [4.69, 9.17) is 0 Å². The van der Waals surface area contributed by atoms with Crippen LogP contribution >= 0.6 is 0 Å². The van der Waals surface area contributed by atoms with Crippen molar-refractivity contribution in [3.63, 3.8) is 0 Å². The van der Waals surface area contributed by atoms with Crippen molar-refractivity contribution in [1.82, 2.24) is 0 Å². The normalized spacial score (nSPS) is 17.1. The molecule has 4 heteroatoms. The zero-order valence-corrected chi connectivity index (χ0v) is 11.4. The van der Waals surface area contributed by atoms with Gasteiger partial charge >= 0.3 is 0 Å². The molecule has 0 fully saturated rings. The number of rotatable bonds is 3. The number of benzene rings is 2. The highest BCUT2D eigenvalue weighted by Crippen LogP contribution is 2.36. The molecule has 0 saturated heterocycles. The molecule has 0 radical (unpaired) electrons. The molecule has 1 heterocycles. The second kappa shape index (κ2) is 5.40. The van der Waals surface area contributed by atoms with E-state index in [1.165, 1.54) is 12.1 Å². The third-order valence-electron chi connectivity index (χ3n) is 3.51. The number of nitrogens with one attached hydrogen (secondary N) is 1. The van der Waals surface area contributed by atoms with Crippen molar-refractivity contribution >= 4 is 17.3 Å². The van der Waals surface area contributed by atoms with E-state index in [1.807, 2.05) is 30.3 Å². The van der Waals surface area contributed by atoms with Crippen molar-refractivity contribution in [2.75, 3.05) is 16.8 Å². The number of fused-ring (bicyclic) bond motifs is 1. The van der Waals surface area contributed by atoms with Crippen LogP contribution in [0.3, 0.4) is 0 Å². The maximum absolute atomic E-state index is 13.5. The van der Waals surface area contributed by atoms with Gasteiger partial charge in [-0.25, -0.2) is 4.39 Å². The molecule has 1 amide bonds. The first-order valence-corrected chi connectivity index (χ1v) is 6.74. The van der Waals surface area contributed by atoms with Gasteiger partial charge in [-0.1, -0.05) is 36.4 Å². The van der Waals surface area contributed by atoms with Crippen LogP contribution in [-0.4, -0.2) is 12.5 Å². The summed E-state index contributed by atoms with van der Waals surface area (Å²) >= 11 is 0. The number of anilines is 2. The van der Waals surface area contributed by atoms with Gasteiger partial charge in [0.1, 0.15) is 11.9 Å². The smallest absolute Gasteiger partial charge is 0.254 e. The van der Waals surface area contributed by atoms with Gasteiger partial charge in [0.25, 0.3) is 5.91 Å². The van der Waals surface area contributed by atoms with Crippen molar-refractivity contribution in [2.45, 2.75) is 6.04 Å². The molecule has 3 nitrogen and oxygen atoms in total. The van der Waals surface area contributed by atoms with Crippen molar-refractivity contribution < 1.29 is 9.18 Å². The molecule has 0 aromatic heterocycles. The molecule has 21 heavy (non-hydrogen) atoms. The second-order valence-electron chi connectivity index (χ2n) is 4.89. The highest BCUT2D eigenvalue weighted by atomic mass is 19.1. The van der Waals surface area contributed by atoms with Crippen LogP contribution in [-0.2, 0) is 4.79 Å². The Kier molecular flexibility index (Phi) is 3.44. The summed E-state index contributed by atoms with van der Waals surface area (Å²) in [7, 11) is 0. The lowest BCUT2D eigenvalue weighted by Gasteiger charge is -2.35. The average molecular weight is 282 g/mol. The van der Waals surface area contributed by atoms with Crippen LogP contribution in [0.2, 0.25) is 0 Å². The maximum Gasteiger partial charge on any atom is 0.254 e. The lowest BCUT2D eigenvalue weighted by molar-refractivity contribution is -0.119. The third-order valence-corrected chi connectivity index (χ3v) is 3.51. The molecule has 0 saturated carbocycles. The monoisotopic (exact) mass is 282 g/mol. The van der Waals surface area contributed by atoms with Crippen molar-refractivity contribution in [2.24, 2.45) is 0 Å². The largest absolute Gasteiger partial charge is 0.368 e. The highest BCUT2D eigenvalue weighted by Gasteiger charge is 2.32. The summed E-state index contributed by atoms with van der Waals surface area (Å²) < 4.78 is 13.5. The highest BCUT2D eigenvalue weighted by molar-refractivity contribution is 6.05. The Morgan fingerprint density at radius 3 is 2.71 bits per heavy atom. The Balaban J connectivity index is 2.07. The summed E-state index contributed by atoms with van der Waals surface area (Å²) in [5, 5.41) is 3.13. The Hall–Kier alpha value is -2.62. The van der Waals surface area contributed by atoms with E-state index in [0.717, 1.165) is 5.56 Å². The maximum atomic E-state index is 13.5. The number of carbonyl (C=O) groups excluding carboxylic acids is 1. The summed E-state index contributed by atoms with van der Waals surface area (Å²) in [5.74, 6) is -0.402. The van der Waals surface area contributed by atoms with Gasteiger partial charge in [-0.15, -0.1) is 6.58 Å². The van der Waals surface area contributed by atoms with Crippen molar-refractivity contribution in [1.29, 1.82) is 0 Å². The number of amides is 1. The van der Waals surface area contributed by atoms with Gasteiger partial charge in [-0.2, -0.15) is 0 Å². The minimum atomic E-state index is -0.513. The third kappa shape index (κ3) is 2.40. The minimum absolute atomic E-state index is 0.0693. The van der Waals surface area contributed by atoms with Crippen LogP contribution in [0.5, 0.6) is 0 Å². The molecule has 1 aliphatic rings. The Morgan fingerprint density at radius 2 is 2.00 bits per heavy atom. The van der Waals surface area contributed by atoms with E-state index in [2.05, 4.69) is 11.9 Å². The number of nitrogens with zero attached hydrogens (tertiary/aromatic N) is 1. The van der Waals surface area contributed by atoms with E-state index in [9.17, 15) is 9.18 Å². The number of carbonyl (C=O) groups is 1. The number of hydrogen-bond acceptors (Lipinski definition) is 2. The summed E-state index contributed by atoms with van der Waals surface area (Å²) in [6, 6.07) is 13.3. The van der Waals surface area contributed by atoms with Crippen LogP contribution in [0, 0.1) is 5.82 Å². The Bertz CT molecular complexity index is 684. The second-order valence-corrected chi connectivity index (χ2v) is 4.89. The predicted molar refractivity (Wildman–Crippen MR) is 81.8 cm³/mol. The number of halogens is 1. The molecular formula is C17H15FN2O. The average Bonchev–Trinajstić information content (AvgIpc) is 2.51. The van der Waals surface area contributed by atoms with Gasteiger partial charge in [0, 0.05) is 6.54 Å². The van der Waals surface area contributed by atoms with E-state index < -0.39 is 6.04 Å². The van der Waals surface area contributed by atoms with Gasteiger partial charge in [-0.05, 0) is 23.8 Å². The number of hydrogen-bond donors (Lipinski definition) is 1. The minimum Gasteiger partial charge on any atom is -0.368 e. The lowest BCUT2D eigenvalue weighted by atomic mass is 10.0. The standard InChI is InChI=1S/C17H15FN2O/c1-2-10-20-15-9-8-13(18)11-14(15)19-16(17(20)21)12-6-4-3-5-7-12/h2-9,11,16,19H,1,10H2. The topological polar surface area (TPSA) is 32.3 Å². The zero-order valence-electron chi connectivity index (χ0n) is 11.4. The van der Waals surface area contributed by atoms with E-state index in [0.29, 0.717) is 17.9 Å². The molecule has 3 rings (SSSR count). The fourth-order valence-corrected chi connectivity index (χ4v) is 2.54. The summed E-state index contributed by atoms with van der Waals surface area (Å²) in [6.45, 7) is 4.08. The molecule has 1 unspecified atom stereocenters. The van der Waals surface area contributed by atoms with Gasteiger partial charge < -0.3 is 10.2 Å². The fourth-order valence-electron chi connectivity index (χ4n) is 2.54. The van der Waals surface area contributed by atoms with E-state index in [-0.39, 0.29) is 11.7 Å². The van der Waals surface area contributed by atoms with E-state index in [1.54, 1.807) is 17.0 Å². The first-order valence-electron chi connectivity index (χ1n) is 6.74. The lowest BCUT2D eigenvalue weighted by Crippen LogP contribution is -2.42. The summed E-state index contributed by atoms with van der Waals surface area (Å²) in [4.78, 5) is 14.3. The molecule has 2 aromatic rings. The quantitative estimate of drug-likeness (QED) is 0.874. The molecular weight excluding hydrogens is 267 g/mol. The molecule has 2 aromatic carbocycles. The predicted octanol–water partition coefficient (Wildman–Crippen LogP) is 3.51. The van der Waals surface area contributed by atoms with E-state index >= 15 is 0 Å². The zero-order chi connectivity index (χ0) is 14.8. The fraction of sp³-hybridized carbons (Fsp3) is 0.118. The summed E-state index contributed by atoms with van der Waals surface area (Å²) in [5.41, 5.74) is 2.14. The van der Waals surface area contributed by atoms with Crippen LogP contribution in [0.15, 0.2) is 61.2 Å². The molecule has 0 bridgehead atoms.